The van der Waals surface area contributed by atoms with E-state index in [2.05, 4.69) is 4.90 Å². The van der Waals surface area contributed by atoms with Gasteiger partial charge in [-0.3, -0.25) is 4.90 Å². The molecule has 0 amide bonds. The first-order chi connectivity index (χ1) is 7.29. The minimum absolute atomic E-state index is 0.782. The van der Waals surface area contributed by atoms with E-state index in [1.165, 1.54) is 31.5 Å². The highest BCUT2D eigenvalue weighted by molar-refractivity contribution is 6.30. The first kappa shape index (κ1) is 10.8. The minimum atomic E-state index is 0.782. The molecular weight excluding hydrogens is 210 g/mol. The van der Waals surface area contributed by atoms with E-state index in [4.69, 9.17) is 16.3 Å². The summed E-state index contributed by atoms with van der Waals surface area (Å²) in [6, 6.07) is 5.81. The van der Waals surface area contributed by atoms with Gasteiger partial charge >= 0.3 is 0 Å². The number of halogens is 1. The van der Waals surface area contributed by atoms with Gasteiger partial charge in [-0.15, -0.1) is 0 Å². The van der Waals surface area contributed by atoms with Crippen LogP contribution in [0.15, 0.2) is 18.2 Å². The van der Waals surface area contributed by atoms with Crippen molar-refractivity contribution in [3.05, 3.63) is 28.8 Å². The average molecular weight is 226 g/mol. The molecule has 0 atom stereocenters. The van der Waals surface area contributed by atoms with Crippen molar-refractivity contribution in [1.29, 1.82) is 0 Å². The number of methoxy groups -OCH3 is 1. The van der Waals surface area contributed by atoms with Gasteiger partial charge in [0.15, 0.2) is 0 Å². The van der Waals surface area contributed by atoms with Crippen LogP contribution in [0.1, 0.15) is 18.4 Å². The zero-order chi connectivity index (χ0) is 10.7. The molecule has 1 aliphatic heterocycles. The van der Waals surface area contributed by atoms with E-state index < -0.39 is 0 Å². The number of hydrogen-bond acceptors (Lipinski definition) is 2. The van der Waals surface area contributed by atoms with Gasteiger partial charge in [0.1, 0.15) is 5.75 Å². The lowest BCUT2D eigenvalue weighted by atomic mass is 10.2. The third kappa shape index (κ3) is 2.64. The Balaban J connectivity index is 2.14. The number of benzene rings is 1. The third-order valence-electron chi connectivity index (χ3n) is 2.84. The van der Waals surface area contributed by atoms with Crippen LogP contribution >= 0.6 is 11.6 Å². The number of likely N-dealkylation sites (tertiary alicyclic amines) is 1. The summed E-state index contributed by atoms with van der Waals surface area (Å²) in [5.74, 6) is 0.936. The van der Waals surface area contributed by atoms with E-state index in [9.17, 15) is 0 Å². The second kappa shape index (κ2) is 4.86. The molecule has 0 N–H and O–H groups in total. The van der Waals surface area contributed by atoms with Crippen molar-refractivity contribution in [3.8, 4) is 5.75 Å². The maximum atomic E-state index is 5.99. The van der Waals surface area contributed by atoms with Crippen molar-refractivity contribution in [1.82, 2.24) is 4.90 Å². The molecule has 0 saturated carbocycles. The number of hydrogen-bond donors (Lipinski definition) is 0. The van der Waals surface area contributed by atoms with E-state index in [0.29, 0.717) is 0 Å². The maximum Gasteiger partial charge on any atom is 0.123 e. The normalized spacial score (nSPS) is 16.9. The van der Waals surface area contributed by atoms with Gasteiger partial charge in [-0.2, -0.15) is 0 Å². The summed E-state index contributed by atoms with van der Waals surface area (Å²) in [6.45, 7) is 3.33. The Bertz CT molecular complexity index is 334. The van der Waals surface area contributed by atoms with Crippen LogP contribution in [0.25, 0.3) is 0 Å². The Morgan fingerprint density at radius 2 is 2.07 bits per heavy atom. The van der Waals surface area contributed by atoms with Crippen LogP contribution in [0.4, 0.5) is 0 Å². The van der Waals surface area contributed by atoms with Crippen LogP contribution in [-0.4, -0.2) is 25.1 Å². The molecule has 0 bridgehead atoms. The SMILES string of the molecule is COc1ccc(Cl)cc1CN1CCCC1. The van der Waals surface area contributed by atoms with Crippen LogP contribution < -0.4 is 4.74 Å². The lowest BCUT2D eigenvalue weighted by molar-refractivity contribution is 0.321. The molecule has 1 aromatic rings. The summed E-state index contributed by atoms with van der Waals surface area (Å²) >= 11 is 5.99. The molecule has 0 radical (unpaired) electrons. The van der Waals surface area contributed by atoms with Gasteiger partial charge in [0.05, 0.1) is 7.11 Å². The molecule has 1 aliphatic rings. The molecule has 1 heterocycles. The minimum Gasteiger partial charge on any atom is -0.496 e. The van der Waals surface area contributed by atoms with Gasteiger partial charge in [0, 0.05) is 17.1 Å². The summed E-state index contributed by atoms with van der Waals surface area (Å²) in [5, 5.41) is 0.782. The smallest absolute Gasteiger partial charge is 0.123 e. The second-order valence-corrected chi connectivity index (χ2v) is 4.38. The highest BCUT2D eigenvalue weighted by atomic mass is 35.5. The molecule has 2 rings (SSSR count). The Kier molecular flexibility index (Phi) is 3.49. The summed E-state index contributed by atoms with van der Waals surface area (Å²) in [6.07, 6.45) is 2.62. The standard InChI is InChI=1S/C12H16ClNO/c1-15-12-5-4-11(13)8-10(12)9-14-6-2-3-7-14/h4-5,8H,2-3,6-7,9H2,1H3. The van der Waals surface area contributed by atoms with Gasteiger partial charge in [0.25, 0.3) is 0 Å². The molecular formula is C12H16ClNO. The zero-order valence-electron chi connectivity index (χ0n) is 9.00. The van der Waals surface area contributed by atoms with Crippen LogP contribution in [0.5, 0.6) is 5.75 Å². The first-order valence-electron chi connectivity index (χ1n) is 5.34. The molecule has 1 aromatic carbocycles. The quantitative estimate of drug-likeness (QED) is 0.784. The Morgan fingerprint density at radius 1 is 1.33 bits per heavy atom. The fourth-order valence-electron chi connectivity index (χ4n) is 2.05. The first-order valence-corrected chi connectivity index (χ1v) is 5.72. The monoisotopic (exact) mass is 225 g/mol. The molecule has 0 spiro atoms. The van der Waals surface area contributed by atoms with Crippen LogP contribution in [0, 0.1) is 0 Å². The summed E-state index contributed by atoms with van der Waals surface area (Å²) in [7, 11) is 1.71. The van der Waals surface area contributed by atoms with Gasteiger partial charge in [-0.1, -0.05) is 11.6 Å². The molecule has 1 fully saturated rings. The summed E-state index contributed by atoms with van der Waals surface area (Å²) in [5.41, 5.74) is 1.19. The van der Waals surface area contributed by atoms with Gasteiger partial charge in [-0.05, 0) is 44.1 Å². The molecule has 0 unspecified atom stereocenters. The van der Waals surface area contributed by atoms with Gasteiger partial charge in [0.2, 0.25) is 0 Å². The van der Waals surface area contributed by atoms with Crippen molar-refractivity contribution in [3.63, 3.8) is 0 Å². The second-order valence-electron chi connectivity index (χ2n) is 3.94. The fourth-order valence-corrected chi connectivity index (χ4v) is 2.25. The molecule has 2 nitrogen and oxygen atoms in total. The predicted molar refractivity (Wildman–Crippen MR) is 62.5 cm³/mol. The predicted octanol–water partition coefficient (Wildman–Crippen LogP) is 2.94. The van der Waals surface area contributed by atoms with Crippen LogP contribution in [-0.2, 0) is 6.54 Å². The van der Waals surface area contributed by atoms with E-state index in [1.807, 2.05) is 18.2 Å². The summed E-state index contributed by atoms with van der Waals surface area (Å²) < 4.78 is 5.33. The Labute approximate surface area is 95.8 Å². The lowest BCUT2D eigenvalue weighted by Gasteiger charge is -2.16. The Hall–Kier alpha value is -0.730. The highest BCUT2D eigenvalue weighted by Gasteiger charge is 2.14. The Morgan fingerprint density at radius 3 is 2.73 bits per heavy atom. The van der Waals surface area contributed by atoms with E-state index in [-0.39, 0.29) is 0 Å². The zero-order valence-corrected chi connectivity index (χ0v) is 9.76. The number of ether oxygens (including phenoxy) is 1. The topological polar surface area (TPSA) is 12.5 Å². The average Bonchev–Trinajstić information content (AvgIpc) is 2.71. The van der Waals surface area contributed by atoms with E-state index >= 15 is 0 Å². The van der Waals surface area contributed by atoms with Crippen molar-refractivity contribution >= 4 is 11.6 Å². The van der Waals surface area contributed by atoms with Crippen molar-refractivity contribution in [2.24, 2.45) is 0 Å². The molecule has 15 heavy (non-hydrogen) atoms. The molecule has 0 aromatic heterocycles. The summed E-state index contributed by atoms with van der Waals surface area (Å²) in [4.78, 5) is 2.44. The van der Waals surface area contributed by atoms with Crippen molar-refractivity contribution < 1.29 is 4.74 Å². The highest BCUT2D eigenvalue weighted by Crippen LogP contribution is 2.25. The fraction of sp³-hybridized carbons (Fsp3) is 0.500. The number of rotatable bonds is 3. The van der Waals surface area contributed by atoms with Crippen molar-refractivity contribution in [2.75, 3.05) is 20.2 Å². The van der Waals surface area contributed by atoms with Crippen LogP contribution in [0.2, 0.25) is 5.02 Å². The largest absolute Gasteiger partial charge is 0.496 e. The third-order valence-corrected chi connectivity index (χ3v) is 3.07. The molecule has 82 valence electrons. The molecule has 1 saturated heterocycles. The van der Waals surface area contributed by atoms with Crippen molar-refractivity contribution in [2.45, 2.75) is 19.4 Å². The van der Waals surface area contributed by atoms with E-state index in [0.717, 1.165) is 17.3 Å². The maximum absolute atomic E-state index is 5.99. The van der Waals surface area contributed by atoms with Crippen LogP contribution in [0.3, 0.4) is 0 Å². The van der Waals surface area contributed by atoms with E-state index in [1.54, 1.807) is 7.11 Å². The van der Waals surface area contributed by atoms with Gasteiger partial charge < -0.3 is 4.74 Å². The molecule has 3 heteroatoms. The number of nitrogens with zero attached hydrogens (tertiary/aromatic N) is 1. The molecule has 0 aliphatic carbocycles. The van der Waals surface area contributed by atoms with Gasteiger partial charge in [-0.25, -0.2) is 0 Å². The lowest BCUT2D eigenvalue weighted by Crippen LogP contribution is -2.18.